The molecule has 1 saturated heterocycles. The normalized spacial score (nSPS) is 19.6. The van der Waals surface area contributed by atoms with E-state index in [2.05, 4.69) is 45.9 Å². The number of phenols is 1. The number of rotatable bonds is 3. The number of anilines is 1. The number of hydrogen-bond acceptors (Lipinski definition) is 3. The van der Waals surface area contributed by atoms with E-state index in [-0.39, 0.29) is 17.8 Å². The summed E-state index contributed by atoms with van der Waals surface area (Å²) in [6.07, 6.45) is 1.80. The summed E-state index contributed by atoms with van der Waals surface area (Å²) in [5.41, 5.74) is 4.21. The zero-order valence-electron chi connectivity index (χ0n) is 14.6. The summed E-state index contributed by atoms with van der Waals surface area (Å²) in [5, 5.41) is 13.7. The van der Waals surface area contributed by atoms with Crippen molar-refractivity contribution in [2.45, 2.75) is 19.0 Å². The van der Waals surface area contributed by atoms with Gasteiger partial charge in [-0.2, -0.15) is 0 Å². The van der Waals surface area contributed by atoms with Crippen LogP contribution in [-0.4, -0.2) is 19.8 Å². The third kappa shape index (κ3) is 2.72. The minimum absolute atomic E-state index is 0.0411. The van der Waals surface area contributed by atoms with Gasteiger partial charge < -0.3 is 19.9 Å². The van der Waals surface area contributed by atoms with Crippen LogP contribution in [0.4, 0.5) is 5.69 Å². The molecule has 2 atom stereocenters. The summed E-state index contributed by atoms with van der Waals surface area (Å²) in [4.78, 5) is 6.65. The van der Waals surface area contributed by atoms with Gasteiger partial charge in [0.2, 0.25) is 0 Å². The zero-order valence-corrected chi connectivity index (χ0v) is 15.4. The van der Waals surface area contributed by atoms with Gasteiger partial charge in [0.15, 0.2) is 5.11 Å². The van der Waals surface area contributed by atoms with Gasteiger partial charge in [0.1, 0.15) is 11.8 Å². The minimum Gasteiger partial charge on any atom is -0.508 e. The smallest absolute Gasteiger partial charge is 0.174 e. The van der Waals surface area contributed by atoms with E-state index in [1.807, 2.05) is 30.3 Å². The molecule has 1 aliphatic heterocycles. The van der Waals surface area contributed by atoms with E-state index in [1.165, 1.54) is 5.69 Å². The van der Waals surface area contributed by atoms with Crippen LogP contribution in [-0.2, 0) is 7.05 Å². The quantitative estimate of drug-likeness (QED) is 0.696. The molecule has 0 saturated carbocycles. The van der Waals surface area contributed by atoms with E-state index in [4.69, 9.17) is 12.2 Å². The fraction of sp³-hybridized carbons (Fsp3) is 0.200. The van der Waals surface area contributed by atoms with Gasteiger partial charge in [-0.1, -0.05) is 6.07 Å². The number of thiocarbonyl (C=S) groups is 1. The third-order valence-corrected chi connectivity index (χ3v) is 5.26. The van der Waals surface area contributed by atoms with Crippen molar-refractivity contribution in [3.8, 4) is 5.75 Å². The highest BCUT2D eigenvalue weighted by Crippen LogP contribution is 2.41. The molecule has 2 aromatic heterocycles. The summed E-state index contributed by atoms with van der Waals surface area (Å²) < 4.78 is 2.18. The molecule has 0 amide bonds. The van der Waals surface area contributed by atoms with Crippen LogP contribution in [0.1, 0.15) is 29.2 Å². The molecule has 0 aliphatic carbocycles. The molecule has 2 N–H and O–H groups in total. The van der Waals surface area contributed by atoms with Crippen LogP contribution in [0.15, 0.2) is 60.8 Å². The standard InChI is InChI=1S/C20H20N4OS/c1-13-6-11-17(23(13)2)19-18(16-5-3-4-12-21-16)22-20(26)24(19)14-7-9-15(25)10-8-14/h3-12,18-19,25H,1-2H3,(H,22,26)/t18-,19+/m1/s1. The van der Waals surface area contributed by atoms with Gasteiger partial charge in [0.25, 0.3) is 0 Å². The Morgan fingerprint density at radius 3 is 2.46 bits per heavy atom. The number of phenolic OH excluding ortho intramolecular Hbond substituents is 1. The number of aromatic hydroxyl groups is 1. The predicted molar refractivity (Wildman–Crippen MR) is 106 cm³/mol. The Kier molecular flexibility index (Phi) is 4.12. The van der Waals surface area contributed by atoms with Crippen LogP contribution >= 0.6 is 12.2 Å². The summed E-state index contributed by atoms with van der Waals surface area (Å²) in [7, 11) is 2.07. The first-order valence-electron chi connectivity index (χ1n) is 8.48. The Morgan fingerprint density at radius 1 is 1.08 bits per heavy atom. The summed E-state index contributed by atoms with van der Waals surface area (Å²) in [5.74, 6) is 0.236. The first kappa shape index (κ1) is 16.6. The van der Waals surface area contributed by atoms with E-state index in [0.29, 0.717) is 5.11 Å². The summed E-state index contributed by atoms with van der Waals surface area (Å²) in [6, 6.07) is 17.2. The van der Waals surface area contributed by atoms with Crippen LogP contribution in [0, 0.1) is 6.92 Å². The van der Waals surface area contributed by atoms with Crippen LogP contribution < -0.4 is 10.2 Å². The average molecular weight is 364 g/mol. The fourth-order valence-corrected chi connectivity index (χ4v) is 3.82. The maximum Gasteiger partial charge on any atom is 0.174 e. The van der Waals surface area contributed by atoms with E-state index in [0.717, 1.165) is 17.1 Å². The topological polar surface area (TPSA) is 53.3 Å². The third-order valence-electron chi connectivity index (χ3n) is 4.94. The molecule has 0 unspecified atom stereocenters. The molecular formula is C20H20N4OS. The number of nitrogens with one attached hydrogen (secondary N) is 1. The first-order valence-corrected chi connectivity index (χ1v) is 8.89. The second-order valence-corrected chi connectivity index (χ2v) is 6.86. The molecule has 5 nitrogen and oxygen atoms in total. The number of aryl methyl sites for hydroxylation is 1. The highest BCUT2D eigenvalue weighted by atomic mass is 32.1. The lowest BCUT2D eigenvalue weighted by atomic mass is 10.0. The molecule has 1 fully saturated rings. The Balaban J connectivity index is 1.85. The molecule has 0 radical (unpaired) electrons. The van der Waals surface area contributed by atoms with Crippen molar-refractivity contribution in [1.82, 2.24) is 14.9 Å². The van der Waals surface area contributed by atoms with Gasteiger partial charge in [-0.25, -0.2) is 0 Å². The monoisotopic (exact) mass is 364 g/mol. The van der Waals surface area contributed by atoms with E-state index in [1.54, 1.807) is 18.3 Å². The highest BCUT2D eigenvalue weighted by Gasteiger charge is 2.41. The number of nitrogens with zero attached hydrogens (tertiary/aromatic N) is 3. The summed E-state index contributed by atoms with van der Waals surface area (Å²) >= 11 is 5.67. The van der Waals surface area contributed by atoms with E-state index >= 15 is 0 Å². The highest BCUT2D eigenvalue weighted by molar-refractivity contribution is 7.80. The van der Waals surface area contributed by atoms with Crippen molar-refractivity contribution in [1.29, 1.82) is 0 Å². The van der Waals surface area contributed by atoms with E-state index in [9.17, 15) is 5.11 Å². The zero-order chi connectivity index (χ0) is 18.3. The van der Waals surface area contributed by atoms with Gasteiger partial charge in [-0.05, 0) is 67.7 Å². The number of aromatic nitrogens is 2. The summed E-state index contributed by atoms with van der Waals surface area (Å²) in [6.45, 7) is 2.09. The lowest BCUT2D eigenvalue weighted by Gasteiger charge is -2.28. The van der Waals surface area contributed by atoms with Crippen molar-refractivity contribution in [3.05, 3.63) is 77.9 Å². The van der Waals surface area contributed by atoms with Gasteiger partial charge in [-0.15, -0.1) is 0 Å². The lowest BCUT2D eigenvalue weighted by molar-refractivity contribution is 0.475. The molecule has 1 aliphatic rings. The van der Waals surface area contributed by atoms with E-state index < -0.39 is 0 Å². The molecule has 0 bridgehead atoms. The van der Waals surface area contributed by atoms with Gasteiger partial charge in [0, 0.05) is 30.3 Å². The van der Waals surface area contributed by atoms with Gasteiger partial charge in [0.05, 0.1) is 11.7 Å². The van der Waals surface area contributed by atoms with Crippen molar-refractivity contribution in [2.75, 3.05) is 4.90 Å². The molecule has 1 aromatic carbocycles. The van der Waals surface area contributed by atoms with Gasteiger partial charge in [-0.3, -0.25) is 4.98 Å². The van der Waals surface area contributed by atoms with Crippen molar-refractivity contribution >= 4 is 23.0 Å². The van der Waals surface area contributed by atoms with Gasteiger partial charge >= 0.3 is 0 Å². The molecule has 132 valence electrons. The first-order chi connectivity index (χ1) is 12.6. The van der Waals surface area contributed by atoms with Crippen LogP contribution in [0.3, 0.4) is 0 Å². The molecule has 6 heteroatoms. The molecule has 4 rings (SSSR count). The number of pyridine rings is 1. The largest absolute Gasteiger partial charge is 0.508 e. The molecule has 3 heterocycles. The van der Waals surface area contributed by atoms with Crippen molar-refractivity contribution in [3.63, 3.8) is 0 Å². The fourth-order valence-electron chi connectivity index (χ4n) is 3.48. The number of benzene rings is 1. The number of hydrogen-bond donors (Lipinski definition) is 2. The molecule has 26 heavy (non-hydrogen) atoms. The SMILES string of the molecule is Cc1ccc([C@H]2[C@@H](c3ccccn3)NC(=S)N2c2ccc(O)cc2)n1C. The lowest BCUT2D eigenvalue weighted by Crippen LogP contribution is -2.30. The maximum atomic E-state index is 9.64. The molecular weight excluding hydrogens is 344 g/mol. The average Bonchev–Trinajstić information content (AvgIpc) is 3.16. The second kappa shape index (κ2) is 6.46. The Labute approximate surface area is 157 Å². The van der Waals surface area contributed by atoms with Crippen molar-refractivity contribution in [2.24, 2.45) is 7.05 Å². The Hall–Kier alpha value is -2.86. The van der Waals surface area contributed by atoms with Crippen LogP contribution in [0.25, 0.3) is 0 Å². The van der Waals surface area contributed by atoms with Crippen LogP contribution in [0.5, 0.6) is 5.75 Å². The minimum atomic E-state index is -0.0643. The Bertz CT molecular complexity index is 936. The Morgan fingerprint density at radius 2 is 1.85 bits per heavy atom. The molecule has 3 aromatic rings. The predicted octanol–water partition coefficient (Wildman–Crippen LogP) is 3.61. The maximum absolute atomic E-state index is 9.64. The van der Waals surface area contributed by atoms with Crippen molar-refractivity contribution < 1.29 is 5.11 Å². The molecule has 0 spiro atoms. The van der Waals surface area contributed by atoms with Crippen LogP contribution in [0.2, 0.25) is 0 Å². The second-order valence-electron chi connectivity index (χ2n) is 6.47.